The van der Waals surface area contributed by atoms with Crippen LogP contribution in [0.5, 0.6) is 5.75 Å². The van der Waals surface area contributed by atoms with Gasteiger partial charge in [0.1, 0.15) is 5.75 Å². The van der Waals surface area contributed by atoms with Gasteiger partial charge in [0.15, 0.2) is 4.96 Å². The van der Waals surface area contributed by atoms with E-state index in [0.29, 0.717) is 0 Å². The first-order valence-corrected chi connectivity index (χ1v) is 9.18. The quantitative estimate of drug-likeness (QED) is 0.437. The average Bonchev–Trinajstić information content (AvgIpc) is 3.13. The summed E-state index contributed by atoms with van der Waals surface area (Å²) in [7, 11) is 0. The van der Waals surface area contributed by atoms with Gasteiger partial charge in [0.05, 0.1) is 22.5 Å². The molecule has 0 aliphatic heterocycles. The first-order chi connectivity index (χ1) is 11.7. The van der Waals surface area contributed by atoms with Crippen molar-refractivity contribution in [3.8, 4) is 17.0 Å². The molecule has 0 bridgehead atoms. The molecule has 3 nitrogen and oxygen atoms in total. The van der Waals surface area contributed by atoms with E-state index in [1.54, 1.807) is 11.3 Å². The summed E-state index contributed by atoms with van der Waals surface area (Å²) in [5.41, 5.74) is 4.63. The molecule has 0 fully saturated rings. The van der Waals surface area contributed by atoms with E-state index in [0.717, 1.165) is 41.4 Å². The number of hydrogen-bond acceptors (Lipinski definition) is 3. The molecule has 4 aromatic rings. The molecule has 4 rings (SSSR count). The third-order valence-electron chi connectivity index (χ3n) is 4.17. The Hall–Kier alpha value is -2.33. The second-order valence-corrected chi connectivity index (χ2v) is 7.09. The van der Waals surface area contributed by atoms with Gasteiger partial charge in [-0.25, -0.2) is 4.98 Å². The summed E-state index contributed by atoms with van der Waals surface area (Å²) in [6.07, 6.45) is 4.36. The molecule has 0 N–H and O–H groups in total. The Labute approximate surface area is 145 Å². The van der Waals surface area contributed by atoms with E-state index in [1.165, 1.54) is 15.8 Å². The molecule has 0 saturated carbocycles. The number of aryl methyl sites for hydroxylation is 1. The maximum absolute atomic E-state index is 5.73. The molecule has 122 valence electrons. The van der Waals surface area contributed by atoms with Crippen LogP contribution in [0, 0.1) is 6.92 Å². The van der Waals surface area contributed by atoms with Crippen LogP contribution in [0.4, 0.5) is 0 Å². The summed E-state index contributed by atoms with van der Waals surface area (Å²) >= 11 is 1.74. The van der Waals surface area contributed by atoms with Crippen LogP contribution in [0.15, 0.2) is 48.7 Å². The second-order valence-electron chi connectivity index (χ2n) is 6.08. The third-order valence-corrected chi connectivity index (χ3v) is 5.18. The van der Waals surface area contributed by atoms with E-state index >= 15 is 0 Å². The highest BCUT2D eigenvalue weighted by Gasteiger charge is 2.10. The fourth-order valence-electron chi connectivity index (χ4n) is 2.80. The molecule has 0 amide bonds. The van der Waals surface area contributed by atoms with E-state index in [4.69, 9.17) is 9.72 Å². The Kier molecular flexibility index (Phi) is 3.98. The standard InChI is InChI=1S/C20H20N2OS/c1-3-4-11-23-16-8-6-15(7-9-16)17-13-22-18-10-5-14(2)12-19(18)24-20(22)21-17/h5-10,12-13H,3-4,11H2,1-2H3. The molecule has 0 radical (unpaired) electrons. The molecule has 0 aliphatic rings. The Bertz CT molecular complexity index is 982. The van der Waals surface area contributed by atoms with Crippen LogP contribution in [0.2, 0.25) is 0 Å². The van der Waals surface area contributed by atoms with Crippen molar-refractivity contribution >= 4 is 26.5 Å². The molecule has 2 aromatic heterocycles. The maximum atomic E-state index is 5.73. The van der Waals surface area contributed by atoms with Crippen molar-refractivity contribution in [2.75, 3.05) is 6.61 Å². The monoisotopic (exact) mass is 336 g/mol. The van der Waals surface area contributed by atoms with Gasteiger partial charge >= 0.3 is 0 Å². The number of aromatic nitrogens is 2. The Balaban J connectivity index is 1.64. The smallest absolute Gasteiger partial charge is 0.195 e. The largest absolute Gasteiger partial charge is 0.494 e. The van der Waals surface area contributed by atoms with Gasteiger partial charge in [-0.1, -0.05) is 30.7 Å². The highest BCUT2D eigenvalue weighted by atomic mass is 32.1. The number of nitrogens with zero attached hydrogens (tertiary/aromatic N) is 2. The van der Waals surface area contributed by atoms with Gasteiger partial charge < -0.3 is 4.74 Å². The van der Waals surface area contributed by atoms with E-state index in [9.17, 15) is 0 Å². The van der Waals surface area contributed by atoms with Crippen molar-refractivity contribution in [2.24, 2.45) is 0 Å². The summed E-state index contributed by atoms with van der Waals surface area (Å²) < 4.78 is 9.19. The van der Waals surface area contributed by atoms with E-state index in [-0.39, 0.29) is 0 Å². The number of unbranched alkanes of at least 4 members (excludes halogenated alkanes) is 1. The number of ether oxygens (including phenoxy) is 1. The topological polar surface area (TPSA) is 26.5 Å². The van der Waals surface area contributed by atoms with Gasteiger partial charge in [-0.3, -0.25) is 4.40 Å². The van der Waals surface area contributed by atoms with Gasteiger partial charge in [0, 0.05) is 11.8 Å². The van der Waals surface area contributed by atoms with Crippen molar-refractivity contribution in [3.63, 3.8) is 0 Å². The van der Waals surface area contributed by atoms with Crippen molar-refractivity contribution < 1.29 is 4.74 Å². The van der Waals surface area contributed by atoms with Crippen LogP contribution >= 0.6 is 11.3 Å². The molecule has 2 heterocycles. The van der Waals surface area contributed by atoms with E-state index in [1.807, 2.05) is 12.1 Å². The van der Waals surface area contributed by atoms with Crippen LogP contribution in [0.1, 0.15) is 25.3 Å². The fourth-order valence-corrected chi connectivity index (χ4v) is 3.91. The zero-order valence-corrected chi connectivity index (χ0v) is 14.8. The number of benzene rings is 2. The van der Waals surface area contributed by atoms with Gasteiger partial charge in [0.2, 0.25) is 0 Å². The number of thiazole rings is 1. The molecule has 0 unspecified atom stereocenters. The minimum Gasteiger partial charge on any atom is -0.494 e. The Morgan fingerprint density at radius 3 is 2.75 bits per heavy atom. The summed E-state index contributed by atoms with van der Waals surface area (Å²) in [5, 5.41) is 0. The highest BCUT2D eigenvalue weighted by Crippen LogP contribution is 2.30. The fraction of sp³-hybridized carbons (Fsp3) is 0.250. The SMILES string of the molecule is CCCCOc1ccc(-c2cn3c(n2)sc2cc(C)ccc23)cc1. The van der Waals surface area contributed by atoms with E-state index < -0.39 is 0 Å². The van der Waals surface area contributed by atoms with Gasteiger partial charge in [-0.15, -0.1) is 0 Å². The number of imidazole rings is 1. The van der Waals surface area contributed by atoms with Gasteiger partial charge in [0.25, 0.3) is 0 Å². The maximum Gasteiger partial charge on any atom is 0.195 e. The minimum atomic E-state index is 0.779. The number of fused-ring (bicyclic) bond motifs is 3. The average molecular weight is 336 g/mol. The Morgan fingerprint density at radius 2 is 1.96 bits per heavy atom. The van der Waals surface area contributed by atoms with Crippen molar-refractivity contribution in [1.29, 1.82) is 0 Å². The third kappa shape index (κ3) is 2.78. The lowest BCUT2D eigenvalue weighted by Gasteiger charge is -2.05. The first-order valence-electron chi connectivity index (χ1n) is 8.36. The molecule has 0 aliphatic carbocycles. The molecule has 24 heavy (non-hydrogen) atoms. The van der Waals surface area contributed by atoms with Crippen molar-refractivity contribution in [1.82, 2.24) is 9.38 Å². The van der Waals surface area contributed by atoms with Crippen LogP contribution in [0.3, 0.4) is 0 Å². The summed E-state index contributed by atoms with van der Waals surface area (Å²) in [6.45, 7) is 5.07. The summed E-state index contributed by atoms with van der Waals surface area (Å²) in [4.78, 5) is 5.83. The Morgan fingerprint density at radius 1 is 1.12 bits per heavy atom. The van der Waals surface area contributed by atoms with Crippen LogP contribution in [-0.2, 0) is 0 Å². The van der Waals surface area contributed by atoms with Gasteiger partial charge in [-0.2, -0.15) is 0 Å². The number of hydrogen-bond donors (Lipinski definition) is 0. The predicted octanol–water partition coefficient (Wildman–Crippen LogP) is 5.70. The van der Waals surface area contributed by atoms with E-state index in [2.05, 4.69) is 54.8 Å². The zero-order chi connectivity index (χ0) is 16.5. The molecule has 0 atom stereocenters. The lowest BCUT2D eigenvalue weighted by Crippen LogP contribution is -1.95. The lowest BCUT2D eigenvalue weighted by atomic mass is 10.1. The normalized spacial score (nSPS) is 11.4. The zero-order valence-electron chi connectivity index (χ0n) is 14.0. The van der Waals surface area contributed by atoms with Crippen molar-refractivity contribution in [2.45, 2.75) is 26.7 Å². The highest BCUT2D eigenvalue weighted by molar-refractivity contribution is 7.23. The molecule has 4 heteroatoms. The van der Waals surface area contributed by atoms with Crippen LogP contribution in [-0.4, -0.2) is 16.0 Å². The first kappa shape index (κ1) is 15.2. The second kappa shape index (κ2) is 6.29. The minimum absolute atomic E-state index is 0.779. The van der Waals surface area contributed by atoms with Crippen LogP contribution < -0.4 is 4.74 Å². The molecule has 0 spiro atoms. The lowest BCUT2D eigenvalue weighted by molar-refractivity contribution is 0.309. The molecule has 0 saturated heterocycles. The number of rotatable bonds is 5. The summed E-state index contributed by atoms with van der Waals surface area (Å²) in [5.74, 6) is 0.925. The van der Waals surface area contributed by atoms with Crippen molar-refractivity contribution in [3.05, 3.63) is 54.2 Å². The molecular weight excluding hydrogens is 316 g/mol. The molecule has 2 aromatic carbocycles. The van der Waals surface area contributed by atoms with Crippen LogP contribution in [0.25, 0.3) is 26.4 Å². The van der Waals surface area contributed by atoms with Gasteiger partial charge in [-0.05, 0) is 55.3 Å². The predicted molar refractivity (Wildman–Crippen MR) is 101 cm³/mol. The molecular formula is C20H20N2OS. The summed E-state index contributed by atoms with van der Waals surface area (Å²) in [6, 6.07) is 14.8.